The number of halogens is 1. The number of hydrogen-bond acceptors (Lipinski definition) is 5. The molecule has 0 unspecified atom stereocenters. The summed E-state index contributed by atoms with van der Waals surface area (Å²) in [6.07, 6.45) is 1.34. The zero-order chi connectivity index (χ0) is 15.9. The predicted molar refractivity (Wildman–Crippen MR) is 85.7 cm³/mol. The van der Waals surface area contributed by atoms with Gasteiger partial charge in [0.1, 0.15) is 18.1 Å². The molecule has 22 heavy (non-hydrogen) atoms. The molecular weight excluding hydrogens is 372 g/mol. The minimum absolute atomic E-state index is 0.0603. The fraction of sp³-hybridized carbons (Fsp3) is 0.571. The van der Waals surface area contributed by atoms with Crippen LogP contribution in [0.3, 0.4) is 0 Å². The Labute approximate surface area is 138 Å². The molecule has 2 N–H and O–H groups in total. The van der Waals surface area contributed by atoms with E-state index in [1.807, 2.05) is 6.92 Å². The van der Waals surface area contributed by atoms with Gasteiger partial charge in [-0.2, -0.15) is 4.31 Å². The predicted octanol–water partition coefficient (Wildman–Crippen LogP) is 1.72. The molecule has 6 nitrogen and oxygen atoms in total. The van der Waals surface area contributed by atoms with E-state index in [2.05, 4.69) is 15.9 Å². The number of benzene rings is 1. The molecule has 1 aromatic rings. The number of nitrogens with zero attached hydrogens (tertiary/aromatic N) is 1. The van der Waals surface area contributed by atoms with Crippen LogP contribution < -0.4 is 15.2 Å². The lowest BCUT2D eigenvalue weighted by atomic mass is 10.0. The van der Waals surface area contributed by atoms with Gasteiger partial charge in [0.2, 0.25) is 10.0 Å². The van der Waals surface area contributed by atoms with Gasteiger partial charge in [0, 0.05) is 29.2 Å². The lowest BCUT2D eigenvalue weighted by Crippen LogP contribution is -2.48. The highest BCUT2D eigenvalue weighted by molar-refractivity contribution is 9.10. The van der Waals surface area contributed by atoms with Crippen LogP contribution in [0.25, 0.3) is 0 Å². The van der Waals surface area contributed by atoms with Gasteiger partial charge in [0.15, 0.2) is 11.5 Å². The maximum Gasteiger partial charge on any atom is 0.244 e. The van der Waals surface area contributed by atoms with E-state index in [1.165, 1.54) is 10.4 Å². The Bertz CT molecular complexity index is 680. The molecule has 2 heterocycles. The minimum atomic E-state index is -3.60. The SMILES string of the molecule is C[C@H]1C[C@H](N)CCN1S(=O)(=O)c1cc2c(cc1Br)OCCO2. The standard InChI is InChI=1S/C14H19BrN2O4S/c1-9-6-10(16)2-3-17(9)22(18,19)14-8-13-12(7-11(14)15)20-4-5-21-13/h7-10H,2-6,16H2,1H3/t9-,10+/m0/s1. The topological polar surface area (TPSA) is 81.9 Å². The molecule has 2 atom stereocenters. The highest BCUT2D eigenvalue weighted by atomic mass is 79.9. The molecule has 0 radical (unpaired) electrons. The van der Waals surface area contributed by atoms with E-state index in [4.69, 9.17) is 15.2 Å². The second kappa shape index (κ2) is 5.99. The van der Waals surface area contributed by atoms with Gasteiger partial charge in [0.05, 0.1) is 0 Å². The second-order valence-corrected chi connectivity index (χ2v) is 8.39. The lowest BCUT2D eigenvalue weighted by molar-refractivity contribution is 0.170. The number of rotatable bonds is 2. The number of piperidine rings is 1. The summed E-state index contributed by atoms with van der Waals surface area (Å²) in [6, 6.07) is 3.13. The van der Waals surface area contributed by atoms with Crippen molar-refractivity contribution in [2.24, 2.45) is 5.73 Å². The first kappa shape index (κ1) is 16.0. The molecule has 2 aliphatic rings. The number of hydrogen-bond donors (Lipinski definition) is 1. The van der Waals surface area contributed by atoms with Crippen molar-refractivity contribution in [3.05, 3.63) is 16.6 Å². The normalized spacial score (nSPS) is 26.0. The quantitative estimate of drug-likeness (QED) is 0.830. The second-order valence-electron chi connectivity index (χ2n) is 5.68. The minimum Gasteiger partial charge on any atom is -0.486 e. The van der Waals surface area contributed by atoms with Crippen LogP contribution in [0.4, 0.5) is 0 Å². The van der Waals surface area contributed by atoms with Crippen LogP contribution in [0.1, 0.15) is 19.8 Å². The molecule has 8 heteroatoms. The molecule has 0 aliphatic carbocycles. The maximum absolute atomic E-state index is 13.0. The van der Waals surface area contributed by atoms with Crippen molar-refractivity contribution >= 4 is 26.0 Å². The molecule has 1 aromatic carbocycles. The van der Waals surface area contributed by atoms with Gasteiger partial charge in [0.25, 0.3) is 0 Å². The number of ether oxygens (including phenoxy) is 2. The van der Waals surface area contributed by atoms with E-state index >= 15 is 0 Å². The van der Waals surface area contributed by atoms with Crippen LogP contribution in [0.15, 0.2) is 21.5 Å². The van der Waals surface area contributed by atoms with Crippen molar-refractivity contribution in [3.63, 3.8) is 0 Å². The van der Waals surface area contributed by atoms with Gasteiger partial charge in [-0.25, -0.2) is 8.42 Å². The summed E-state index contributed by atoms with van der Waals surface area (Å²) in [4.78, 5) is 0.207. The average molecular weight is 391 g/mol. The van der Waals surface area contributed by atoms with E-state index < -0.39 is 10.0 Å². The first-order valence-electron chi connectivity index (χ1n) is 7.26. The van der Waals surface area contributed by atoms with Gasteiger partial charge in [-0.1, -0.05) is 0 Å². The van der Waals surface area contributed by atoms with Gasteiger partial charge < -0.3 is 15.2 Å². The molecule has 3 rings (SSSR count). The van der Waals surface area contributed by atoms with E-state index in [-0.39, 0.29) is 17.0 Å². The Balaban J connectivity index is 1.98. The summed E-state index contributed by atoms with van der Waals surface area (Å²) >= 11 is 3.34. The average Bonchev–Trinajstić information content (AvgIpc) is 2.46. The highest BCUT2D eigenvalue weighted by Crippen LogP contribution is 2.39. The zero-order valence-corrected chi connectivity index (χ0v) is 14.7. The van der Waals surface area contributed by atoms with Crippen molar-refractivity contribution in [2.75, 3.05) is 19.8 Å². The van der Waals surface area contributed by atoms with E-state index in [0.717, 1.165) is 0 Å². The largest absolute Gasteiger partial charge is 0.486 e. The molecule has 0 amide bonds. The summed E-state index contributed by atoms with van der Waals surface area (Å²) in [5.74, 6) is 1.03. The summed E-state index contributed by atoms with van der Waals surface area (Å²) in [7, 11) is -3.60. The number of sulfonamides is 1. The third-order valence-electron chi connectivity index (χ3n) is 4.04. The molecule has 2 aliphatic heterocycles. The molecular formula is C14H19BrN2O4S. The molecule has 1 fully saturated rings. The zero-order valence-electron chi connectivity index (χ0n) is 12.3. The molecule has 0 saturated carbocycles. The van der Waals surface area contributed by atoms with Gasteiger partial charge >= 0.3 is 0 Å². The van der Waals surface area contributed by atoms with Crippen molar-refractivity contribution < 1.29 is 17.9 Å². The van der Waals surface area contributed by atoms with Crippen LogP contribution in [0.2, 0.25) is 0 Å². The van der Waals surface area contributed by atoms with Crippen molar-refractivity contribution in [2.45, 2.75) is 36.7 Å². The highest BCUT2D eigenvalue weighted by Gasteiger charge is 2.35. The lowest BCUT2D eigenvalue weighted by Gasteiger charge is -2.35. The van der Waals surface area contributed by atoms with Crippen LogP contribution in [-0.4, -0.2) is 44.6 Å². The molecule has 1 saturated heterocycles. The first-order chi connectivity index (χ1) is 10.4. The Kier molecular flexibility index (Phi) is 4.37. The van der Waals surface area contributed by atoms with Crippen LogP contribution in [-0.2, 0) is 10.0 Å². The summed E-state index contributed by atoms with van der Waals surface area (Å²) in [5, 5.41) is 0. The summed E-state index contributed by atoms with van der Waals surface area (Å²) in [5.41, 5.74) is 5.92. The Morgan fingerprint density at radius 3 is 2.55 bits per heavy atom. The van der Waals surface area contributed by atoms with E-state index in [1.54, 1.807) is 6.07 Å². The van der Waals surface area contributed by atoms with Gasteiger partial charge in [-0.3, -0.25) is 0 Å². The van der Waals surface area contributed by atoms with E-state index in [9.17, 15) is 8.42 Å². The van der Waals surface area contributed by atoms with Crippen molar-refractivity contribution in [1.29, 1.82) is 0 Å². The summed E-state index contributed by atoms with van der Waals surface area (Å²) in [6.45, 7) is 3.21. The fourth-order valence-electron chi connectivity index (χ4n) is 2.91. The fourth-order valence-corrected chi connectivity index (χ4v) is 5.57. The Morgan fingerprint density at radius 1 is 1.27 bits per heavy atom. The van der Waals surface area contributed by atoms with Gasteiger partial charge in [-0.15, -0.1) is 0 Å². The first-order valence-corrected chi connectivity index (χ1v) is 9.49. The Morgan fingerprint density at radius 2 is 1.91 bits per heavy atom. The molecule has 0 bridgehead atoms. The molecule has 122 valence electrons. The third kappa shape index (κ3) is 2.84. The van der Waals surface area contributed by atoms with Crippen molar-refractivity contribution in [3.8, 4) is 11.5 Å². The Hall–Kier alpha value is -0.830. The number of fused-ring (bicyclic) bond motifs is 1. The molecule has 0 aromatic heterocycles. The van der Waals surface area contributed by atoms with Crippen LogP contribution in [0, 0.1) is 0 Å². The smallest absolute Gasteiger partial charge is 0.244 e. The number of nitrogens with two attached hydrogens (primary N) is 1. The maximum atomic E-state index is 13.0. The van der Waals surface area contributed by atoms with Crippen LogP contribution >= 0.6 is 15.9 Å². The van der Waals surface area contributed by atoms with E-state index in [0.29, 0.717) is 48.6 Å². The molecule has 0 spiro atoms. The summed E-state index contributed by atoms with van der Waals surface area (Å²) < 4.78 is 38.9. The van der Waals surface area contributed by atoms with Crippen molar-refractivity contribution in [1.82, 2.24) is 4.31 Å². The third-order valence-corrected chi connectivity index (χ3v) is 7.01. The van der Waals surface area contributed by atoms with Gasteiger partial charge in [-0.05, 0) is 41.8 Å². The monoisotopic (exact) mass is 390 g/mol. The van der Waals surface area contributed by atoms with Crippen LogP contribution in [0.5, 0.6) is 11.5 Å².